The van der Waals surface area contributed by atoms with Gasteiger partial charge in [0.2, 0.25) is 0 Å². The lowest BCUT2D eigenvalue weighted by Gasteiger charge is -2.15. The van der Waals surface area contributed by atoms with E-state index >= 15 is 0 Å². The van der Waals surface area contributed by atoms with Gasteiger partial charge in [-0.05, 0) is 60.7 Å². The van der Waals surface area contributed by atoms with Crippen LogP contribution < -0.4 is 5.32 Å². The van der Waals surface area contributed by atoms with Crippen molar-refractivity contribution in [2.24, 2.45) is 0 Å². The molecule has 31 heavy (non-hydrogen) atoms. The molecule has 0 spiro atoms. The Morgan fingerprint density at radius 3 is 2.48 bits per heavy atom. The highest BCUT2D eigenvalue weighted by atomic mass is 35.5. The molecular formula is C27H25ClN2O. The summed E-state index contributed by atoms with van der Waals surface area (Å²) in [6.45, 7) is 6.32. The largest absolute Gasteiger partial charge is 0.322 e. The Morgan fingerprint density at radius 1 is 1.03 bits per heavy atom. The van der Waals surface area contributed by atoms with E-state index in [2.05, 4.69) is 31.3 Å². The SMILES string of the molecule is CC[C@H](C)c1ccc(NC(=O)c2c(C)c(-c3cccc(Cl)c3)nc3ccccc23)cc1. The van der Waals surface area contributed by atoms with Gasteiger partial charge in [0.25, 0.3) is 5.91 Å². The van der Waals surface area contributed by atoms with Crippen molar-refractivity contribution < 1.29 is 4.79 Å². The fourth-order valence-corrected chi connectivity index (χ4v) is 4.03. The summed E-state index contributed by atoms with van der Waals surface area (Å²) in [6.07, 6.45) is 1.08. The first-order valence-corrected chi connectivity index (χ1v) is 10.9. The van der Waals surface area contributed by atoms with Crippen LogP contribution in [0.15, 0.2) is 72.8 Å². The second-order valence-electron chi connectivity index (χ2n) is 7.87. The number of rotatable bonds is 5. The monoisotopic (exact) mass is 428 g/mol. The first kappa shape index (κ1) is 21.1. The van der Waals surface area contributed by atoms with Crippen LogP contribution in [0.25, 0.3) is 22.2 Å². The summed E-state index contributed by atoms with van der Waals surface area (Å²) in [5.41, 5.74) is 5.94. The van der Waals surface area contributed by atoms with Crippen LogP contribution in [0.1, 0.15) is 47.7 Å². The molecule has 3 nitrogen and oxygen atoms in total. The Kier molecular flexibility index (Phi) is 6.06. The maximum absolute atomic E-state index is 13.4. The van der Waals surface area contributed by atoms with Crippen molar-refractivity contribution in [3.05, 3.63) is 94.5 Å². The number of nitrogens with one attached hydrogen (secondary N) is 1. The van der Waals surface area contributed by atoms with Crippen LogP contribution in [0.5, 0.6) is 0 Å². The molecule has 0 aliphatic heterocycles. The van der Waals surface area contributed by atoms with E-state index in [0.717, 1.165) is 39.8 Å². The molecule has 1 aromatic heterocycles. The molecule has 0 saturated carbocycles. The smallest absolute Gasteiger partial charge is 0.256 e. The number of pyridine rings is 1. The summed E-state index contributed by atoms with van der Waals surface area (Å²) in [7, 11) is 0. The predicted octanol–water partition coefficient (Wildman–Crippen LogP) is 7.63. The molecule has 4 aromatic rings. The minimum atomic E-state index is -0.143. The number of carbonyl (C=O) groups is 1. The summed E-state index contributed by atoms with van der Waals surface area (Å²) in [4.78, 5) is 18.2. The molecule has 0 radical (unpaired) electrons. The van der Waals surface area contributed by atoms with Gasteiger partial charge in [-0.25, -0.2) is 4.98 Å². The minimum Gasteiger partial charge on any atom is -0.322 e. The van der Waals surface area contributed by atoms with E-state index in [1.54, 1.807) is 0 Å². The van der Waals surface area contributed by atoms with E-state index in [1.807, 2.05) is 67.6 Å². The van der Waals surface area contributed by atoms with Crippen molar-refractivity contribution in [1.29, 1.82) is 0 Å². The molecule has 0 aliphatic carbocycles. The van der Waals surface area contributed by atoms with Gasteiger partial charge in [0, 0.05) is 21.7 Å². The molecule has 0 fully saturated rings. The van der Waals surface area contributed by atoms with Gasteiger partial charge in [0.1, 0.15) is 0 Å². The maximum Gasteiger partial charge on any atom is 0.256 e. The van der Waals surface area contributed by atoms with Gasteiger partial charge in [0.15, 0.2) is 0 Å². The van der Waals surface area contributed by atoms with Crippen LogP contribution in [0.4, 0.5) is 5.69 Å². The van der Waals surface area contributed by atoms with Crippen LogP contribution in [-0.4, -0.2) is 10.9 Å². The lowest BCUT2D eigenvalue weighted by molar-refractivity contribution is 0.102. The van der Waals surface area contributed by atoms with Crippen LogP contribution in [0.3, 0.4) is 0 Å². The van der Waals surface area contributed by atoms with Crippen LogP contribution in [0.2, 0.25) is 5.02 Å². The summed E-state index contributed by atoms with van der Waals surface area (Å²) in [5.74, 6) is 0.354. The van der Waals surface area contributed by atoms with Gasteiger partial charge in [-0.15, -0.1) is 0 Å². The lowest BCUT2D eigenvalue weighted by Crippen LogP contribution is -2.15. The number of halogens is 1. The van der Waals surface area contributed by atoms with E-state index in [-0.39, 0.29) is 5.91 Å². The molecule has 1 atom stereocenters. The van der Waals surface area contributed by atoms with E-state index in [4.69, 9.17) is 16.6 Å². The summed E-state index contributed by atoms with van der Waals surface area (Å²) < 4.78 is 0. The van der Waals surface area contributed by atoms with Crippen molar-refractivity contribution in [1.82, 2.24) is 4.98 Å². The average Bonchev–Trinajstić information content (AvgIpc) is 2.78. The first-order valence-electron chi connectivity index (χ1n) is 10.5. The highest BCUT2D eigenvalue weighted by molar-refractivity contribution is 6.30. The Morgan fingerprint density at radius 2 is 1.77 bits per heavy atom. The topological polar surface area (TPSA) is 42.0 Å². The van der Waals surface area contributed by atoms with Gasteiger partial charge in [-0.3, -0.25) is 4.79 Å². The highest BCUT2D eigenvalue weighted by Crippen LogP contribution is 2.31. The second kappa shape index (κ2) is 8.91. The molecule has 0 saturated heterocycles. The number of carbonyl (C=O) groups excluding carboxylic acids is 1. The Balaban J connectivity index is 1.77. The zero-order chi connectivity index (χ0) is 22.0. The fourth-order valence-electron chi connectivity index (χ4n) is 3.84. The third kappa shape index (κ3) is 4.33. The number of benzene rings is 3. The van der Waals surface area contributed by atoms with E-state index in [1.165, 1.54) is 5.56 Å². The standard InChI is InChI=1S/C27H25ClN2O/c1-4-17(2)19-12-14-22(15-13-19)29-27(31)25-18(3)26(20-8-7-9-21(28)16-20)30-24-11-6-5-10-23(24)25/h5-17H,4H2,1-3H3,(H,29,31)/t17-/m0/s1. The van der Waals surface area contributed by atoms with Crippen molar-refractivity contribution in [3.63, 3.8) is 0 Å². The Bertz CT molecular complexity index is 1250. The van der Waals surface area contributed by atoms with Crippen molar-refractivity contribution in [2.75, 3.05) is 5.32 Å². The van der Waals surface area contributed by atoms with E-state index < -0.39 is 0 Å². The molecular weight excluding hydrogens is 404 g/mol. The third-order valence-electron chi connectivity index (χ3n) is 5.81. The maximum atomic E-state index is 13.4. The van der Waals surface area contributed by atoms with Gasteiger partial charge in [-0.1, -0.05) is 67.9 Å². The second-order valence-corrected chi connectivity index (χ2v) is 8.31. The number of anilines is 1. The van der Waals surface area contributed by atoms with Gasteiger partial charge in [0.05, 0.1) is 16.8 Å². The predicted molar refractivity (Wildman–Crippen MR) is 130 cm³/mol. The molecule has 1 N–H and O–H groups in total. The molecule has 0 unspecified atom stereocenters. The summed E-state index contributed by atoms with van der Waals surface area (Å²) >= 11 is 6.21. The van der Waals surface area contributed by atoms with Crippen molar-refractivity contribution >= 4 is 34.1 Å². The number of aromatic nitrogens is 1. The van der Waals surface area contributed by atoms with Crippen molar-refractivity contribution in [2.45, 2.75) is 33.1 Å². The van der Waals surface area contributed by atoms with Gasteiger partial charge < -0.3 is 5.32 Å². The van der Waals surface area contributed by atoms with Gasteiger partial charge in [-0.2, -0.15) is 0 Å². The quantitative estimate of drug-likeness (QED) is 0.355. The zero-order valence-electron chi connectivity index (χ0n) is 17.9. The molecule has 4 heteroatoms. The van der Waals surface area contributed by atoms with E-state index in [0.29, 0.717) is 16.5 Å². The number of hydrogen-bond acceptors (Lipinski definition) is 2. The van der Waals surface area contributed by atoms with E-state index in [9.17, 15) is 4.79 Å². The average molecular weight is 429 g/mol. The Labute approximate surface area is 188 Å². The lowest BCUT2D eigenvalue weighted by atomic mass is 9.96. The molecule has 4 rings (SSSR count). The number of hydrogen-bond donors (Lipinski definition) is 1. The molecule has 1 heterocycles. The summed E-state index contributed by atoms with van der Waals surface area (Å²) in [6, 6.07) is 23.4. The fraction of sp³-hybridized carbons (Fsp3) is 0.185. The molecule has 0 aliphatic rings. The zero-order valence-corrected chi connectivity index (χ0v) is 18.7. The normalized spacial score (nSPS) is 12.0. The summed E-state index contributed by atoms with van der Waals surface area (Å²) in [5, 5.41) is 4.54. The van der Waals surface area contributed by atoms with Crippen LogP contribution in [-0.2, 0) is 0 Å². The molecule has 3 aromatic carbocycles. The molecule has 156 valence electrons. The third-order valence-corrected chi connectivity index (χ3v) is 6.05. The minimum absolute atomic E-state index is 0.143. The van der Waals surface area contributed by atoms with Gasteiger partial charge >= 0.3 is 0 Å². The highest BCUT2D eigenvalue weighted by Gasteiger charge is 2.19. The molecule has 0 bridgehead atoms. The number of nitrogens with zero attached hydrogens (tertiary/aromatic N) is 1. The van der Waals surface area contributed by atoms with Crippen molar-refractivity contribution in [3.8, 4) is 11.3 Å². The number of amides is 1. The number of fused-ring (bicyclic) bond motifs is 1. The van der Waals surface area contributed by atoms with Crippen LogP contribution in [0, 0.1) is 6.92 Å². The first-order chi connectivity index (χ1) is 15.0. The molecule has 1 amide bonds. The van der Waals surface area contributed by atoms with Crippen LogP contribution >= 0.6 is 11.6 Å². The number of para-hydroxylation sites is 1. The Hall–Kier alpha value is -3.17.